The second-order valence-corrected chi connectivity index (χ2v) is 9.58. The third kappa shape index (κ3) is 4.11. The van der Waals surface area contributed by atoms with Crippen molar-refractivity contribution in [1.29, 1.82) is 0 Å². The zero-order chi connectivity index (χ0) is 19.7. The molecule has 0 bridgehead atoms. The van der Waals surface area contributed by atoms with Crippen molar-refractivity contribution in [3.05, 3.63) is 69.8 Å². The first-order valence-corrected chi connectivity index (χ1v) is 11.1. The van der Waals surface area contributed by atoms with Crippen LogP contribution in [0.1, 0.15) is 56.3 Å². The van der Waals surface area contributed by atoms with Crippen molar-refractivity contribution in [1.82, 2.24) is 4.90 Å². The summed E-state index contributed by atoms with van der Waals surface area (Å²) in [5.74, 6) is 0.916. The van der Waals surface area contributed by atoms with E-state index in [-0.39, 0.29) is 11.7 Å². The maximum absolute atomic E-state index is 6.82. The van der Waals surface area contributed by atoms with Crippen molar-refractivity contribution >= 4 is 23.2 Å². The molecule has 1 aromatic carbocycles. The molecule has 28 heavy (non-hydrogen) atoms. The van der Waals surface area contributed by atoms with Gasteiger partial charge in [-0.3, -0.25) is 0 Å². The lowest BCUT2D eigenvalue weighted by Crippen LogP contribution is -2.45. The minimum Gasteiger partial charge on any atom is -0.358 e. The summed E-state index contributed by atoms with van der Waals surface area (Å²) in [6.45, 7) is 9.17. The molecule has 1 spiro atoms. The Hall–Kier alpha value is -1.06. The van der Waals surface area contributed by atoms with Gasteiger partial charge in [0.15, 0.2) is 0 Å². The Kier molecular flexibility index (Phi) is 6.04. The highest BCUT2D eigenvalue weighted by Crippen LogP contribution is 2.52. The van der Waals surface area contributed by atoms with E-state index in [4.69, 9.17) is 27.9 Å². The summed E-state index contributed by atoms with van der Waals surface area (Å²) in [4.78, 5) is 2.63. The molecule has 2 nitrogen and oxygen atoms in total. The van der Waals surface area contributed by atoms with Crippen LogP contribution < -0.4 is 0 Å². The fourth-order valence-corrected chi connectivity index (χ4v) is 5.12. The van der Waals surface area contributed by atoms with Crippen LogP contribution in [0.15, 0.2) is 58.6 Å². The SMILES string of the molecule is C=C(Cl)C=C(C=C(C)Cl)C1OC2(CCN(CC3CCC3)CC2)c2ccccc21. The van der Waals surface area contributed by atoms with Crippen LogP contribution in [-0.4, -0.2) is 24.5 Å². The Balaban J connectivity index is 1.59. The summed E-state index contributed by atoms with van der Waals surface area (Å²) < 4.78 is 6.82. The van der Waals surface area contributed by atoms with E-state index >= 15 is 0 Å². The summed E-state index contributed by atoms with van der Waals surface area (Å²) in [6.07, 6.45) is 9.96. The second kappa shape index (κ2) is 8.36. The van der Waals surface area contributed by atoms with Crippen LogP contribution in [0.2, 0.25) is 0 Å². The lowest BCUT2D eigenvalue weighted by molar-refractivity contribution is -0.0991. The second-order valence-electron chi connectivity index (χ2n) is 8.50. The molecular weight excluding hydrogens is 389 g/mol. The molecule has 1 aromatic rings. The molecule has 0 radical (unpaired) electrons. The highest BCUT2D eigenvalue weighted by atomic mass is 35.5. The molecule has 0 aromatic heterocycles. The van der Waals surface area contributed by atoms with E-state index in [1.54, 1.807) is 0 Å². The molecule has 0 N–H and O–H groups in total. The van der Waals surface area contributed by atoms with Gasteiger partial charge in [-0.2, -0.15) is 0 Å². The summed E-state index contributed by atoms with van der Waals surface area (Å²) in [6, 6.07) is 8.63. The van der Waals surface area contributed by atoms with Gasteiger partial charge in [-0.25, -0.2) is 0 Å². The van der Waals surface area contributed by atoms with Crippen molar-refractivity contribution in [2.24, 2.45) is 5.92 Å². The average molecular weight is 418 g/mol. The third-order valence-corrected chi connectivity index (χ3v) is 6.69. The number of allylic oxidation sites excluding steroid dienone is 3. The van der Waals surface area contributed by atoms with Crippen molar-refractivity contribution < 1.29 is 4.74 Å². The van der Waals surface area contributed by atoms with Crippen molar-refractivity contribution in [3.63, 3.8) is 0 Å². The topological polar surface area (TPSA) is 12.5 Å². The smallest absolute Gasteiger partial charge is 0.109 e. The van der Waals surface area contributed by atoms with Crippen LogP contribution in [0.3, 0.4) is 0 Å². The van der Waals surface area contributed by atoms with E-state index in [0.717, 1.165) is 37.4 Å². The summed E-state index contributed by atoms with van der Waals surface area (Å²) >= 11 is 12.3. The van der Waals surface area contributed by atoms with Gasteiger partial charge < -0.3 is 9.64 Å². The van der Waals surface area contributed by atoms with Crippen molar-refractivity contribution in [3.8, 4) is 0 Å². The number of ether oxygens (including phenoxy) is 1. The number of rotatable bonds is 5. The molecular formula is C24H29Cl2NO. The van der Waals surface area contributed by atoms with Crippen molar-refractivity contribution in [2.45, 2.75) is 50.7 Å². The molecule has 4 heteroatoms. The van der Waals surface area contributed by atoms with Gasteiger partial charge >= 0.3 is 0 Å². The van der Waals surface area contributed by atoms with E-state index in [9.17, 15) is 0 Å². The Bertz CT molecular complexity index is 797. The highest BCUT2D eigenvalue weighted by molar-refractivity contribution is 6.31. The molecule has 1 atom stereocenters. The van der Waals surface area contributed by atoms with Gasteiger partial charge in [-0.15, -0.1) is 0 Å². The number of benzene rings is 1. The molecule has 2 heterocycles. The lowest BCUT2D eigenvalue weighted by atomic mass is 9.81. The first-order valence-electron chi connectivity index (χ1n) is 10.4. The maximum Gasteiger partial charge on any atom is 0.109 e. The van der Waals surface area contributed by atoms with E-state index in [1.165, 1.54) is 36.9 Å². The molecule has 0 amide bonds. The van der Waals surface area contributed by atoms with Crippen LogP contribution >= 0.6 is 23.2 Å². The first-order chi connectivity index (χ1) is 13.5. The standard InChI is InChI=1S/C24H29Cl2NO/c1-17(25)14-20(15-18(2)26)23-21-8-3-4-9-22(21)24(28-23)10-12-27(13-11-24)16-19-6-5-7-19/h3-4,8-9,14-15,19,23H,1,5-7,10-13,16H2,2H3. The van der Waals surface area contributed by atoms with Crippen LogP contribution in [0.4, 0.5) is 0 Å². The van der Waals surface area contributed by atoms with Crippen LogP contribution in [0.5, 0.6) is 0 Å². The molecule has 1 unspecified atom stereocenters. The maximum atomic E-state index is 6.82. The summed E-state index contributed by atoms with van der Waals surface area (Å²) in [5.41, 5.74) is 3.31. The molecule has 4 rings (SSSR count). The fourth-order valence-electron chi connectivity index (χ4n) is 4.87. The summed E-state index contributed by atoms with van der Waals surface area (Å²) in [7, 11) is 0. The molecule has 3 aliphatic rings. The number of nitrogens with zero attached hydrogens (tertiary/aromatic N) is 1. The fraction of sp³-hybridized carbons (Fsp3) is 0.500. The van der Waals surface area contributed by atoms with Crippen LogP contribution in [0.25, 0.3) is 0 Å². The molecule has 2 aliphatic heterocycles. The largest absolute Gasteiger partial charge is 0.358 e. The Labute approximate surface area is 178 Å². The molecule has 1 aliphatic carbocycles. The van der Waals surface area contributed by atoms with E-state index in [2.05, 4.69) is 35.7 Å². The number of halogens is 2. The molecule has 2 fully saturated rings. The number of hydrogen-bond donors (Lipinski definition) is 0. The Morgan fingerprint density at radius 2 is 1.93 bits per heavy atom. The van der Waals surface area contributed by atoms with Crippen LogP contribution in [-0.2, 0) is 10.3 Å². The first kappa shape index (κ1) is 20.2. The van der Waals surface area contributed by atoms with E-state index in [1.807, 2.05) is 19.1 Å². The highest BCUT2D eigenvalue weighted by Gasteiger charge is 2.47. The van der Waals surface area contributed by atoms with Gasteiger partial charge in [0.25, 0.3) is 0 Å². The summed E-state index contributed by atoms with van der Waals surface area (Å²) in [5, 5.41) is 1.20. The van der Waals surface area contributed by atoms with Gasteiger partial charge in [0.05, 0.1) is 5.60 Å². The van der Waals surface area contributed by atoms with Gasteiger partial charge in [0, 0.05) is 29.7 Å². The Morgan fingerprint density at radius 3 is 2.54 bits per heavy atom. The predicted molar refractivity (Wildman–Crippen MR) is 118 cm³/mol. The van der Waals surface area contributed by atoms with Gasteiger partial charge in [0.2, 0.25) is 0 Å². The number of piperidine rings is 1. The normalized spacial score (nSPS) is 25.6. The van der Waals surface area contributed by atoms with E-state index < -0.39 is 0 Å². The number of hydrogen-bond acceptors (Lipinski definition) is 2. The Morgan fingerprint density at radius 1 is 1.21 bits per heavy atom. The van der Waals surface area contributed by atoms with Gasteiger partial charge in [-0.1, -0.05) is 60.5 Å². The monoisotopic (exact) mass is 417 g/mol. The zero-order valence-corrected chi connectivity index (χ0v) is 18.1. The lowest BCUT2D eigenvalue weighted by Gasteiger charge is -2.42. The average Bonchev–Trinajstić information content (AvgIpc) is 2.93. The van der Waals surface area contributed by atoms with Gasteiger partial charge in [-0.05, 0) is 67.4 Å². The predicted octanol–water partition coefficient (Wildman–Crippen LogP) is 6.67. The minimum absolute atomic E-state index is 0.154. The molecule has 1 saturated carbocycles. The van der Waals surface area contributed by atoms with Crippen molar-refractivity contribution in [2.75, 3.05) is 19.6 Å². The minimum atomic E-state index is -0.210. The quantitative estimate of drug-likeness (QED) is 0.495. The zero-order valence-electron chi connectivity index (χ0n) is 16.6. The van der Waals surface area contributed by atoms with Crippen LogP contribution in [0, 0.1) is 5.92 Å². The molecule has 1 saturated heterocycles. The number of fused-ring (bicyclic) bond motifs is 2. The third-order valence-electron chi connectivity index (χ3n) is 6.47. The number of likely N-dealkylation sites (tertiary alicyclic amines) is 1. The van der Waals surface area contributed by atoms with Gasteiger partial charge in [0.1, 0.15) is 6.10 Å². The van der Waals surface area contributed by atoms with E-state index in [0.29, 0.717) is 10.1 Å². The molecule has 150 valence electrons.